The summed E-state index contributed by atoms with van der Waals surface area (Å²) in [6.45, 7) is 5.33. The van der Waals surface area contributed by atoms with Gasteiger partial charge >= 0.3 is 0 Å². The first-order valence-electron chi connectivity index (χ1n) is 11.0. The number of amides is 1. The summed E-state index contributed by atoms with van der Waals surface area (Å²) in [6.07, 6.45) is 1.57. The molecule has 1 N–H and O–H groups in total. The Morgan fingerprint density at radius 3 is 2.59 bits per heavy atom. The van der Waals surface area contributed by atoms with Crippen molar-refractivity contribution in [2.75, 3.05) is 31.6 Å². The number of aryl methyl sites for hydroxylation is 1. The summed E-state index contributed by atoms with van der Waals surface area (Å²) >= 11 is 0. The molecule has 0 radical (unpaired) electrons. The van der Waals surface area contributed by atoms with Crippen LogP contribution in [0.15, 0.2) is 47.0 Å². The lowest BCUT2D eigenvalue weighted by Gasteiger charge is -2.30. The molecule has 0 atom stereocenters. The van der Waals surface area contributed by atoms with Crippen LogP contribution < -0.4 is 14.8 Å². The Morgan fingerprint density at radius 1 is 1.06 bits per heavy atom. The molecule has 1 aromatic heterocycles. The van der Waals surface area contributed by atoms with E-state index < -0.39 is 0 Å². The maximum atomic E-state index is 12.7. The number of fused-ring (bicyclic) bond motifs is 1. The van der Waals surface area contributed by atoms with Gasteiger partial charge in [0.15, 0.2) is 11.5 Å². The zero-order chi connectivity index (χ0) is 21.9. The minimum atomic E-state index is -0.0229. The zero-order valence-electron chi connectivity index (χ0n) is 18.0. The second kappa shape index (κ2) is 9.00. The third kappa shape index (κ3) is 4.60. The van der Waals surface area contributed by atoms with Gasteiger partial charge in [0.2, 0.25) is 17.6 Å². The fraction of sp³-hybridized carbons (Fsp3) is 0.375. The van der Waals surface area contributed by atoms with Crippen molar-refractivity contribution in [3.63, 3.8) is 0 Å². The van der Waals surface area contributed by atoms with Crippen LogP contribution in [0.3, 0.4) is 0 Å². The van der Waals surface area contributed by atoms with Gasteiger partial charge < -0.3 is 19.3 Å². The fourth-order valence-electron chi connectivity index (χ4n) is 4.05. The molecule has 1 fully saturated rings. The first-order valence-corrected chi connectivity index (χ1v) is 11.0. The second-order valence-corrected chi connectivity index (χ2v) is 8.28. The van der Waals surface area contributed by atoms with Crippen molar-refractivity contribution in [3.8, 4) is 22.9 Å². The van der Waals surface area contributed by atoms with E-state index in [-0.39, 0.29) is 11.8 Å². The summed E-state index contributed by atoms with van der Waals surface area (Å²) < 4.78 is 16.6. The van der Waals surface area contributed by atoms with E-state index in [2.05, 4.69) is 20.4 Å². The number of ether oxygens (including phenoxy) is 2. The Bertz CT molecular complexity index is 1090. The Labute approximate surface area is 186 Å². The zero-order valence-corrected chi connectivity index (χ0v) is 18.0. The van der Waals surface area contributed by atoms with Crippen molar-refractivity contribution in [1.29, 1.82) is 0 Å². The van der Waals surface area contributed by atoms with Gasteiger partial charge in [-0.25, -0.2) is 0 Å². The van der Waals surface area contributed by atoms with Gasteiger partial charge in [-0.2, -0.15) is 4.98 Å². The van der Waals surface area contributed by atoms with Crippen molar-refractivity contribution in [2.24, 2.45) is 5.92 Å². The van der Waals surface area contributed by atoms with Gasteiger partial charge in [0.25, 0.3) is 0 Å². The van der Waals surface area contributed by atoms with E-state index in [1.54, 1.807) is 0 Å². The molecule has 2 aliphatic rings. The molecule has 0 bridgehead atoms. The molecule has 8 heteroatoms. The highest BCUT2D eigenvalue weighted by Crippen LogP contribution is 2.33. The minimum absolute atomic E-state index is 0.0229. The van der Waals surface area contributed by atoms with Gasteiger partial charge in [-0.3, -0.25) is 9.69 Å². The maximum Gasteiger partial charge on any atom is 0.241 e. The SMILES string of the molecule is Cc1ccc(-c2noc(CN3CCC(C(=O)Nc4ccc5c(c4)OCCO5)CC3)n2)cc1. The molecule has 0 aliphatic carbocycles. The Kier molecular flexibility index (Phi) is 5.77. The first-order chi connectivity index (χ1) is 15.6. The number of hydrogen-bond acceptors (Lipinski definition) is 7. The lowest BCUT2D eigenvalue weighted by molar-refractivity contribution is -0.121. The van der Waals surface area contributed by atoms with Crippen molar-refractivity contribution in [2.45, 2.75) is 26.3 Å². The number of rotatable bonds is 5. The molecule has 0 spiro atoms. The van der Waals surface area contributed by atoms with Crippen LogP contribution in [-0.4, -0.2) is 47.3 Å². The molecule has 3 aromatic rings. The normalized spacial score (nSPS) is 16.7. The summed E-state index contributed by atoms with van der Waals surface area (Å²) in [5, 5.41) is 7.12. The highest BCUT2D eigenvalue weighted by atomic mass is 16.6. The molecular weight excluding hydrogens is 408 g/mol. The van der Waals surface area contributed by atoms with Crippen molar-refractivity contribution < 1.29 is 18.8 Å². The largest absolute Gasteiger partial charge is 0.486 e. The van der Waals surface area contributed by atoms with Gasteiger partial charge in [-0.05, 0) is 45.0 Å². The number of nitrogens with one attached hydrogen (secondary N) is 1. The van der Waals surface area contributed by atoms with Crippen LogP contribution in [0.5, 0.6) is 11.5 Å². The predicted octanol–water partition coefficient (Wildman–Crippen LogP) is 3.67. The molecule has 5 rings (SSSR count). The Balaban J connectivity index is 1.13. The third-order valence-electron chi connectivity index (χ3n) is 5.90. The smallest absolute Gasteiger partial charge is 0.241 e. The van der Waals surface area contributed by atoms with Gasteiger partial charge in [-0.15, -0.1) is 0 Å². The molecule has 0 unspecified atom stereocenters. The molecule has 8 nitrogen and oxygen atoms in total. The van der Waals surface area contributed by atoms with Crippen LogP contribution in [0.4, 0.5) is 5.69 Å². The van der Waals surface area contributed by atoms with E-state index in [1.807, 2.05) is 49.4 Å². The molecule has 0 saturated carbocycles. The maximum absolute atomic E-state index is 12.7. The van der Waals surface area contributed by atoms with Crippen molar-refractivity contribution in [3.05, 3.63) is 53.9 Å². The van der Waals surface area contributed by atoms with E-state index in [9.17, 15) is 4.79 Å². The molecule has 2 aliphatic heterocycles. The number of likely N-dealkylation sites (tertiary alicyclic amines) is 1. The fourth-order valence-corrected chi connectivity index (χ4v) is 4.05. The third-order valence-corrected chi connectivity index (χ3v) is 5.90. The number of carbonyl (C=O) groups excluding carboxylic acids is 1. The number of nitrogens with zero attached hydrogens (tertiary/aromatic N) is 3. The molecule has 3 heterocycles. The van der Waals surface area contributed by atoms with Crippen LogP contribution in [0.25, 0.3) is 11.4 Å². The summed E-state index contributed by atoms with van der Waals surface area (Å²) in [4.78, 5) is 19.5. The molecule has 1 saturated heterocycles. The summed E-state index contributed by atoms with van der Waals surface area (Å²) in [5.41, 5.74) is 2.87. The second-order valence-electron chi connectivity index (χ2n) is 8.28. The predicted molar refractivity (Wildman–Crippen MR) is 119 cm³/mol. The highest BCUT2D eigenvalue weighted by Gasteiger charge is 2.26. The summed E-state index contributed by atoms with van der Waals surface area (Å²) in [7, 11) is 0. The average Bonchev–Trinajstić information content (AvgIpc) is 3.28. The van der Waals surface area contributed by atoms with Gasteiger partial charge in [0.1, 0.15) is 13.2 Å². The highest BCUT2D eigenvalue weighted by molar-refractivity contribution is 5.93. The lowest BCUT2D eigenvalue weighted by Crippen LogP contribution is -2.37. The number of hydrogen-bond donors (Lipinski definition) is 1. The standard InChI is InChI=1S/C24H26N4O4/c1-16-2-4-17(5-3-16)23-26-22(32-27-23)15-28-10-8-18(9-11-28)24(29)25-19-6-7-20-21(14-19)31-13-12-30-20/h2-7,14,18H,8-13,15H2,1H3,(H,25,29). The summed E-state index contributed by atoms with van der Waals surface area (Å²) in [6, 6.07) is 13.6. The van der Waals surface area contributed by atoms with Crippen LogP contribution >= 0.6 is 0 Å². The quantitative estimate of drug-likeness (QED) is 0.655. The lowest BCUT2D eigenvalue weighted by atomic mass is 9.96. The van der Waals surface area contributed by atoms with Gasteiger partial charge in [0, 0.05) is 23.2 Å². The number of carbonyl (C=O) groups is 1. The van der Waals surface area contributed by atoms with Gasteiger partial charge in [0.05, 0.1) is 6.54 Å². The van der Waals surface area contributed by atoms with Crippen LogP contribution in [-0.2, 0) is 11.3 Å². The molecule has 32 heavy (non-hydrogen) atoms. The number of benzene rings is 2. The van der Waals surface area contributed by atoms with Crippen molar-refractivity contribution in [1.82, 2.24) is 15.0 Å². The molecular formula is C24H26N4O4. The molecule has 166 valence electrons. The monoisotopic (exact) mass is 434 g/mol. The Hall–Kier alpha value is -3.39. The van der Waals surface area contributed by atoms with E-state index in [1.165, 1.54) is 5.56 Å². The average molecular weight is 434 g/mol. The number of aromatic nitrogens is 2. The van der Waals surface area contributed by atoms with Crippen LogP contribution in [0.2, 0.25) is 0 Å². The summed E-state index contributed by atoms with van der Waals surface area (Å²) in [5.74, 6) is 2.61. The minimum Gasteiger partial charge on any atom is -0.486 e. The van der Waals surface area contributed by atoms with E-state index >= 15 is 0 Å². The van der Waals surface area contributed by atoms with E-state index in [0.717, 1.165) is 37.2 Å². The van der Waals surface area contributed by atoms with E-state index in [0.29, 0.717) is 43.0 Å². The topological polar surface area (TPSA) is 89.7 Å². The van der Waals surface area contributed by atoms with Crippen LogP contribution in [0.1, 0.15) is 24.3 Å². The number of piperidine rings is 1. The van der Waals surface area contributed by atoms with Crippen molar-refractivity contribution >= 4 is 11.6 Å². The molecule has 2 aromatic carbocycles. The Morgan fingerprint density at radius 2 is 1.81 bits per heavy atom. The van der Waals surface area contributed by atoms with E-state index in [4.69, 9.17) is 14.0 Å². The van der Waals surface area contributed by atoms with Crippen LogP contribution in [0, 0.1) is 12.8 Å². The first kappa shape index (κ1) is 20.5. The van der Waals surface area contributed by atoms with Gasteiger partial charge in [-0.1, -0.05) is 35.0 Å². The number of anilines is 1. The molecule has 1 amide bonds.